The van der Waals surface area contributed by atoms with Crippen molar-refractivity contribution in [3.8, 4) is 5.75 Å². The minimum absolute atomic E-state index is 0.0213. The van der Waals surface area contributed by atoms with Crippen molar-refractivity contribution in [2.75, 3.05) is 37.7 Å². The zero-order chi connectivity index (χ0) is 20.9. The van der Waals surface area contributed by atoms with Crippen molar-refractivity contribution in [3.05, 3.63) is 48.2 Å². The van der Waals surface area contributed by atoms with Crippen LogP contribution in [0.15, 0.2) is 42.6 Å². The molecule has 0 atom stereocenters. The van der Waals surface area contributed by atoms with E-state index < -0.39 is 0 Å². The van der Waals surface area contributed by atoms with E-state index in [-0.39, 0.29) is 24.5 Å². The minimum atomic E-state index is -0.0213. The fourth-order valence-corrected chi connectivity index (χ4v) is 4.43. The second kappa shape index (κ2) is 9.21. The zero-order valence-electron chi connectivity index (χ0n) is 16.9. The molecule has 30 heavy (non-hydrogen) atoms. The van der Waals surface area contributed by atoms with Gasteiger partial charge in [0.05, 0.1) is 6.61 Å². The normalized spacial score (nSPS) is 14.2. The summed E-state index contributed by atoms with van der Waals surface area (Å²) in [7, 11) is 0. The van der Waals surface area contributed by atoms with E-state index in [0.717, 1.165) is 34.3 Å². The van der Waals surface area contributed by atoms with Crippen LogP contribution < -0.4 is 9.64 Å². The van der Waals surface area contributed by atoms with E-state index in [9.17, 15) is 9.59 Å². The molecule has 1 saturated heterocycles. The standard InChI is InChI=1S/C22H24N4O3S/c1-2-29-17-7-5-16(6-8-17)19(27)9-10-20(28)25-12-14-26(15-13-25)22-24-18-4-3-11-23-21(18)30-22/h3-8,11H,2,9-10,12-15H2,1H3. The second-order valence-corrected chi connectivity index (χ2v) is 8.03. The number of pyridine rings is 1. The predicted molar refractivity (Wildman–Crippen MR) is 117 cm³/mol. The Labute approximate surface area is 179 Å². The van der Waals surface area contributed by atoms with Crippen LogP contribution in [0.1, 0.15) is 30.1 Å². The van der Waals surface area contributed by atoms with Crippen LogP contribution >= 0.6 is 11.3 Å². The van der Waals surface area contributed by atoms with Gasteiger partial charge in [-0.3, -0.25) is 9.59 Å². The first-order valence-electron chi connectivity index (χ1n) is 10.1. The summed E-state index contributed by atoms with van der Waals surface area (Å²) in [5, 5.41) is 0.946. The Morgan fingerprint density at radius 1 is 1.07 bits per heavy atom. The van der Waals surface area contributed by atoms with Crippen LogP contribution in [0.2, 0.25) is 0 Å². The summed E-state index contributed by atoms with van der Waals surface area (Å²) in [5.41, 5.74) is 1.52. The Balaban J connectivity index is 1.26. The lowest BCUT2D eigenvalue weighted by Gasteiger charge is -2.34. The maximum Gasteiger partial charge on any atom is 0.223 e. The number of benzene rings is 1. The number of hydrogen-bond donors (Lipinski definition) is 0. The average molecular weight is 425 g/mol. The minimum Gasteiger partial charge on any atom is -0.494 e. The van der Waals surface area contributed by atoms with E-state index in [4.69, 9.17) is 4.74 Å². The number of fused-ring (bicyclic) bond motifs is 1. The van der Waals surface area contributed by atoms with Gasteiger partial charge in [-0.25, -0.2) is 9.97 Å². The summed E-state index contributed by atoms with van der Waals surface area (Å²) in [6, 6.07) is 10.9. The predicted octanol–water partition coefficient (Wildman–Crippen LogP) is 3.40. The van der Waals surface area contributed by atoms with E-state index >= 15 is 0 Å². The first-order valence-corrected chi connectivity index (χ1v) is 11.0. The van der Waals surface area contributed by atoms with Gasteiger partial charge in [0.1, 0.15) is 16.1 Å². The molecule has 3 aromatic rings. The van der Waals surface area contributed by atoms with Gasteiger partial charge >= 0.3 is 0 Å². The van der Waals surface area contributed by atoms with Gasteiger partial charge in [0.25, 0.3) is 0 Å². The molecule has 0 aliphatic carbocycles. The molecule has 8 heteroatoms. The lowest BCUT2D eigenvalue weighted by molar-refractivity contribution is -0.131. The number of carbonyl (C=O) groups is 2. The van der Waals surface area contributed by atoms with Crippen molar-refractivity contribution in [1.82, 2.24) is 14.9 Å². The molecule has 1 aliphatic rings. The molecular formula is C22H24N4O3S. The number of anilines is 1. The maximum atomic E-state index is 12.6. The van der Waals surface area contributed by atoms with Gasteiger partial charge < -0.3 is 14.5 Å². The van der Waals surface area contributed by atoms with Gasteiger partial charge in [-0.15, -0.1) is 0 Å². The summed E-state index contributed by atoms with van der Waals surface area (Å²) in [6.45, 7) is 5.25. The van der Waals surface area contributed by atoms with E-state index in [1.807, 2.05) is 24.0 Å². The Kier molecular flexibility index (Phi) is 6.23. The summed E-state index contributed by atoms with van der Waals surface area (Å²) < 4.78 is 5.39. The smallest absolute Gasteiger partial charge is 0.223 e. The molecule has 0 saturated carbocycles. The molecule has 0 bridgehead atoms. The van der Waals surface area contributed by atoms with E-state index in [1.54, 1.807) is 41.8 Å². The zero-order valence-corrected chi connectivity index (χ0v) is 17.7. The van der Waals surface area contributed by atoms with Crippen molar-refractivity contribution >= 4 is 38.5 Å². The second-order valence-electron chi connectivity index (χ2n) is 7.07. The highest BCUT2D eigenvalue weighted by molar-refractivity contribution is 7.21. The van der Waals surface area contributed by atoms with Crippen molar-refractivity contribution in [1.29, 1.82) is 0 Å². The molecule has 4 rings (SSSR count). The summed E-state index contributed by atoms with van der Waals surface area (Å²) >= 11 is 1.58. The summed E-state index contributed by atoms with van der Waals surface area (Å²) in [6.07, 6.45) is 2.23. The fraction of sp³-hybridized carbons (Fsp3) is 0.364. The number of aromatic nitrogens is 2. The third kappa shape index (κ3) is 4.59. The third-order valence-corrected chi connectivity index (χ3v) is 6.15. The van der Waals surface area contributed by atoms with Crippen LogP contribution in [0.5, 0.6) is 5.75 Å². The molecule has 0 radical (unpaired) electrons. The van der Waals surface area contributed by atoms with Gasteiger partial charge in [-0.1, -0.05) is 11.3 Å². The quantitative estimate of drug-likeness (QED) is 0.541. The van der Waals surface area contributed by atoms with Crippen molar-refractivity contribution in [2.45, 2.75) is 19.8 Å². The molecule has 1 aliphatic heterocycles. The molecule has 3 heterocycles. The van der Waals surface area contributed by atoms with Crippen LogP contribution in [0.4, 0.5) is 5.13 Å². The average Bonchev–Trinajstić information content (AvgIpc) is 3.22. The van der Waals surface area contributed by atoms with Gasteiger partial charge in [0.15, 0.2) is 10.9 Å². The van der Waals surface area contributed by atoms with E-state index in [0.29, 0.717) is 25.3 Å². The number of Topliss-reactive ketones (excluding diaryl/α,β-unsaturated/α-hetero) is 1. The van der Waals surface area contributed by atoms with Crippen molar-refractivity contribution in [3.63, 3.8) is 0 Å². The van der Waals surface area contributed by atoms with Crippen LogP contribution in [0.3, 0.4) is 0 Å². The first kappa shape index (κ1) is 20.3. The molecule has 1 fully saturated rings. The van der Waals surface area contributed by atoms with Crippen molar-refractivity contribution in [2.24, 2.45) is 0 Å². The highest BCUT2D eigenvalue weighted by atomic mass is 32.1. The molecule has 7 nitrogen and oxygen atoms in total. The van der Waals surface area contributed by atoms with Crippen LogP contribution in [0.25, 0.3) is 10.3 Å². The van der Waals surface area contributed by atoms with Gasteiger partial charge in [-0.2, -0.15) is 0 Å². The number of ether oxygens (including phenoxy) is 1. The molecular weight excluding hydrogens is 400 g/mol. The van der Waals surface area contributed by atoms with Gasteiger partial charge in [0.2, 0.25) is 5.91 Å². The first-order chi connectivity index (χ1) is 14.6. The van der Waals surface area contributed by atoms with E-state index in [1.165, 1.54) is 0 Å². The van der Waals surface area contributed by atoms with Gasteiger partial charge in [-0.05, 0) is 43.3 Å². The Hall–Kier alpha value is -3.00. The number of thiazole rings is 1. The molecule has 0 unspecified atom stereocenters. The van der Waals surface area contributed by atoms with Crippen LogP contribution in [-0.2, 0) is 4.79 Å². The number of amides is 1. The molecule has 0 N–H and O–H groups in total. The Morgan fingerprint density at radius 2 is 1.83 bits per heavy atom. The fourth-order valence-electron chi connectivity index (χ4n) is 3.47. The molecule has 156 valence electrons. The topological polar surface area (TPSA) is 75.6 Å². The summed E-state index contributed by atoms with van der Waals surface area (Å²) in [5.74, 6) is 0.749. The number of ketones is 1. The van der Waals surface area contributed by atoms with Crippen LogP contribution in [-0.4, -0.2) is 59.3 Å². The number of nitrogens with zero attached hydrogens (tertiary/aromatic N) is 4. The number of rotatable bonds is 7. The Bertz CT molecular complexity index is 993. The van der Waals surface area contributed by atoms with Gasteiger partial charge in [0, 0.05) is 50.8 Å². The number of hydrogen-bond acceptors (Lipinski definition) is 7. The SMILES string of the molecule is CCOc1ccc(C(=O)CCC(=O)N2CCN(c3nc4cccnc4s3)CC2)cc1. The number of piperazine rings is 1. The number of carbonyl (C=O) groups excluding carboxylic acids is 2. The lowest BCUT2D eigenvalue weighted by Crippen LogP contribution is -2.48. The van der Waals surface area contributed by atoms with Crippen LogP contribution in [0, 0.1) is 0 Å². The molecule has 2 aromatic heterocycles. The Morgan fingerprint density at radius 3 is 2.53 bits per heavy atom. The highest BCUT2D eigenvalue weighted by Gasteiger charge is 2.23. The third-order valence-electron chi connectivity index (χ3n) is 5.11. The highest BCUT2D eigenvalue weighted by Crippen LogP contribution is 2.27. The van der Waals surface area contributed by atoms with Crippen molar-refractivity contribution < 1.29 is 14.3 Å². The lowest BCUT2D eigenvalue weighted by atomic mass is 10.1. The summed E-state index contributed by atoms with van der Waals surface area (Å²) in [4.78, 5) is 38.9. The monoisotopic (exact) mass is 424 g/mol. The maximum absolute atomic E-state index is 12.6. The van der Waals surface area contributed by atoms with E-state index in [2.05, 4.69) is 14.9 Å². The largest absolute Gasteiger partial charge is 0.494 e. The molecule has 1 aromatic carbocycles. The molecule has 1 amide bonds. The molecule has 0 spiro atoms.